The third-order valence-electron chi connectivity index (χ3n) is 8.97. The van der Waals surface area contributed by atoms with Gasteiger partial charge in [-0.25, -0.2) is 0 Å². The van der Waals surface area contributed by atoms with Gasteiger partial charge in [-0.3, -0.25) is 14.5 Å². The monoisotopic (exact) mass is 603 g/mol. The summed E-state index contributed by atoms with van der Waals surface area (Å²) in [5, 5.41) is 14.9. The van der Waals surface area contributed by atoms with Crippen LogP contribution in [0.5, 0.6) is 11.5 Å². The molecule has 7 nitrogen and oxygen atoms in total. The Hall–Kier alpha value is -2.32. The molecule has 1 saturated carbocycles. The molecule has 1 atom stereocenters. The highest BCUT2D eigenvalue weighted by Crippen LogP contribution is 2.37. The molecule has 41 heavy (non-hydrogen) atoms. The minimum absolute atomic E-state index is 0. The van der Waals surface area contributed by atoms with Gasteiger partial charge < -0.3 is 20.1 Å². The van der Waals surface area contributed by atoms with Crippen LogP contribution in [0.15, 0.2) is 48.5 Å². The number of benzene rings is 2. The third-order valence-corrected chi connectivity index (χ3v) is 9.23. The number of aliphatic hydroxyl groups is 1. The summed E-state index contributed by atoms with van der Waals surface area (Å²) in [7, 11) is 0. The first-order chi connectivity index (χ1) is 19.3. The molecule has 0 bridgehead atoms. The molecule has 0 unspecified atom stereocenters. The quantitative estimate of drug-likeness (QED) is 0.362. The van der Waals surface area contributed by atoms with Crippen molar-refractivity contribution in [2.45, 2.75) is 94.9 Å². The van der Waals surface area contributed by atoms with Gasteiger partial charge in [0.2, 0.25) is 11.8 Å². The Labute approximate surface area is 255 Å². The smallest absolute Gasteiger partial charge is 0.246 e. The fraction of sp³-hybridized carbons (Fsp3) is 0.562. The lowest BCUT2D eigenvalue weighted by Gasteiger charge is -2.52. The van der Waals surface area contributed by atoms with E-state index in [1.54, 1.807) is 12.1 Å². The summed E-state index contributed by atoms with van der Waals surface area (Å²) in [6, 6.07) is 14.7. The summed E-state index contributed by atoms with van der Waals surface area (Å²) < 4.78 is 5.91. The highest BCUT2D eigenvalue weighted by atomic mass is 35.5. The number of carbonyl (C=O) groups is 2. The Kier molecular flexibility index (Phi) is 10.6. The highest BCUT2D eigenvalue weighted by molar-refractivity contribution is 6.30. The topological polar surface area (TPSA) is 82.1 Å². The minimum Gasteiger partial charge on any atom is -0.457 e. The molecular weight excluding hydrogens is 561 g/mol. The van der Waals surface area contributed by atoms with Crippen molar-refractivity contribution in [2.75, 3.05) is 19.6 Å². The number of hydrogen-bond donors (Lipinski definition) is 2. The van der Waals surface area contributed by atoms with Crippen LogP contribution in [0, 0.1) is 0 Å². The van der Waals surface area contributed by atoms with Gasteiger partial charge in [0.25, 0.3) is 0 Å². The molecule has 1 aliphatic carbocycles. The molecule has 2 saturated heterocycles. The molecule has 3 fully saturated rings. The predicted molar refractivity (Wildman–Crippen MR) is 164 cm³/mol. The average molecular weight is 605 g/mol. The molecular formula is C32H43Cl2N3O4. The van der Waals surface area contributed by atoms with E-state index in [-0.39, 0.29) is 24.2 Å². The maximum atomic E-state index is 13.8. The van der Waals surface area contributed by atoms with Crippen molar-refractivity contribution in [3.8, 4) is 11.5 Å². The number of piperidine rings is 1. The van der Waals surface area contributed by atoms with Crippen molar-refractivity contribution in [1.29, 1.82) is 0 Å². The van der Waals surface area contributed by atoms with E-state index in [1.807, 2.05) is 29.2 Å². The first-order valence-electron chi connectivity index (χ1n) is 14.9. The summed E-state index contributed by atoms with van der Waals surface area (Å²) in [6.07, 6.45) is 7.85. The Bertz CT molecular complexity index is 1160. The van der Waals surface area contributed by atoms with Gasteiger partial charge in [-0.15, -0.1) is 12.4 Å². The van der Waals surface area contributed by atoms with Gasteiger partial charge in [-0.2, -0.15) is 0 Å². The average Bonchev–Trinajstić information content (AvgIpc) is 2.95. The van der Waals surface area contributed by atoms with Crippen LogP contribution in [0.25, 0.3) is 0 Å². The first-order valence-corrected chi connectivity index (χ1v) is 15.3. The van der Waals surface area contributed by atoms with Crippen molar-refractivity contribution >= 4 is 35.8 Å². The Morgan fingerprint density at radius 3 is 2.17 bits per heavy atom. The second-order valence-electron chi connectivity index (χ2n) is 11.9. The summed E-state index contributed by atoms with van der Waals surface area (Å²) in [6.45, 7) is 4.95. The second-order valence-corrected chi connectivity index (χ2v) is 12.3. The number of rotatable bonds is 9. The molecule has 3 aliphatic rings. The van der Waals surface area contributed by atoms with Crippen molar-refractivity contribution in [2.24, 2.45) is 0 Å². The molecule has 2 aliphatic heterocycles. The van der Waals surface area contributed by atoms with Gasteiger partial charge in [0, 0.05) is 37.6 Å². The molecule has 9 heteroatoms. The van der Waals surface area contributed by atoms with E-state index in [9.17, 15) is 14.7 Å². The van der Waals surface area contributed by atoms with E-state index >= 15 is 0 Å². The zero-order valence-electron chi connectivity index (χ0n) is 23.9. The first kappa shape index (κ1) is 31.6. The fourth-order valence-corrected chi connectivity index (χ4v) is 6.71. The summed E-state index contributed by atoms with van der Waals surface area (Å²) >= 11 is 5.96. The molecule has 2 heterocycles. The van der Waals surface area contributed by atoms with Crippen LogP contribution in [0.4, 0.5) is 0 Å². The third kappa shape index (κ3) is 7.37. The lowest BCUT2D eigenvalue weighted by Crippen LogP contribution is -2.73. The van der Waals surface area contributed by atoms with E-state index in [1.165, 1.54) is 5.56 Å². The van der Waals surface area contributed by atoms with E-state index in [0.717, 1.165) is 63.2 Å². The number of carbonyl (C=O) groups excluding carboxylic acids is 2. The van der Waals surface area contributed by atoms with Crippen LogP contribution in [-0.4, -0.2) is 63.5 Å². The lowest BCUT2D eigenvalue weighted by atomic mass is 9.77. The molecule has 5 rings (SSSR count). The molecule has 2 amide bonds. The van der Waals surface area contributed by atoms with Crippen LogP contribution in [0.3, 0.4) is 0 Å². The Morgan fingerprint density at radius 2 is 1.56 bits per heavy atom. The molecule has 224 valence electrons. The number of amides is 2. The van der Waals surface area contributed by atoms with Crippen molar-refractivity contribution in [3.05, 3.63) is 59.1 Å². The summed E-state index contributed by atoms with van der Waals surface area (Å²) in [4.78, 5) is 31.7. The Balaban J connectivity index is 0.00000387. The highest BCUT2D eigenvalue weighted by Gasteiger charge is 2.54. The van der Waals surface area contributed by atoms with Gasteiger partial charge in [0.15, 0.2) is 0 Å². The van der Waals surface area contributed by atoms with Gasteiger partial charge in [0.1, 0.15) is 23.1 Å². The number of hydrogen-bond acceptors (Lipinski definition) is 5. The van der Waals surface area contributed by atoms with Crippen molar-refractivity contribution in [3.63, 3.8) is 0 Å². The van der Waals surface area contributed by atoms with Gasteiger partial charge in [-0.05, 0) is 74.1 Å². The van der Waals surface area contributed by atoms with E-state index in [2.05, 4.69) is 29.3 Å². The number of nitrogens with zero attached hydrogens (tertiary/aromatic N) is 2. The van der Waals surface area contributed by atoms with Crippen LogP contribution in [0.1, 0.15) is 76.7 Å². The van der Waals surface area contributed by atoms with Crippen molar-refractivity contribution < 1.29 is 19.4 Å². The largest absolute Gasteiger partial charge is 0.457 e. The number of piperazine rings is 1. The van der Waals surface area contributed by atoms with E-state index in [4.69, 9.17) is 16.3 Å². The SMILES string of the molecule is CCCCN1C(=O)[C@@H](CC2(O)CCCCC2)NC(=O)C12CCN(Cc1ccc(Oc3ccc(Cl)cc3)cc1)CC2.Cl. The molecule has 1 spiro atoms. The number of halogens is 2. The fourth-order valence-electron chi connectivity index (χ4n) is 6.59. The molecule has 2 aromatic rings. The van der Waals surface area contributed by atoms with Crippen LogP contribution < -0.4 is 10.1 Å². The molecule has 2 aromatic carbocycles. The molecule has 0 radical (unpaired) electrons. The summed E-state index contributed by atoms with van der Waals surface area (Å²) in [5.41, 5.74) is -0.483. The number of nitrogens with one attached hydrogen (secondary N) is 1. The maximum Gasteiger partial charge on any atom is 0.246 e. The van der Waals surface area contributed by atoms with Crippen LogP contribution in [0.2, 0.25) is 5.02 Å². The van der Waals surface area contributed by atoms with Gasteiger partial charge >= 0.3 is 0 Å². The molecule has 0 aromatic heterocycles. The second kappa shape index (κ2) is 13.8. The lowest BCUT2D eigenvalue weighted by molar-refractivity contribution is -0.163. The van der Waals surface area contributed by atoms with Gasteiger partial charge in [-0.1, -0.05) is 56.3 Å². The molecule has 2 N–H and O–H groups in total. The van der Waals surface area contributed by atoms with E-state index in [0.29, 0.717) is 43.7 Å². The number of ether oxygens (including phenoxy) is 1. The Morgan fingerprint density at radius 1 is 0.951 bits per heavy atom. The normalized spacial score (nSPS) is 22.2. The maximum absolute atomic E-state index is 13.8. The van der Waals surface area contributed by atoms with Crippen molar-refractivity contribution in [1.82, 2.24) is 15.1 Å². The zero-order valence-corrected chi connectivity index (χ0v) is 25.5. The van der Waals surface area contributed by atoms with Crippen LogP contribution >= 0.6 is 24.0 Å². The minimum atomic E-state index is -0.856. The number of unbranched alkanes of at least 4 members (excludes halogenated alkanes) is 1. The predicted octanol–water partition coefficient (Wildman–Crippen LogP) is 6.10. The zero-order chi connectivity index (χ0) is 28.2. The summed E-state index contributed by atoms with van der Waals surface area (Å²) in [5.74, 6) is 1.44. The van der Waals surface area contributed by atoms with Crippen LogP contribution in [-0.2, 0) is 16.1 Å². The van der Waals surface area contributed by atoms with Gasteiger partial charge in [0.05, 0.1) is 5.60 Å². The van der Waals surface area contributed by atoms with E-state index < -0.39 is 17.2 Å². The standard InChI is InChI=1S/C32H42ClN3O4.ClH/c1-2-3-19-36-29(37)28(22-31(39)15-5-4-6-16-31)34-30(38)32(36)17-20-35(21-18-32)23-24-7-11-26(12-8-24)40-27-13-9-25(33)10-14-27;/h7-14,28,39H,2-6,15-23H2,1H3,(H,34,38);1H/t28-;/m1./s1. The number of likely N-dealkylation sites (tertiary alicyclic amines) is 1.